The molecule has 2 aromatic carbocycles. The van der Waals surface area contributed by atoms with Crippen molar-refractivity contribution in [2.75, 3.05) is 6.54 Å². The Hall–Kier alpha value is -2.13. The molecule has 2 aromatic rings. The third-order valence-corrected chi connectivity index (χ3v) is 3.58. The fourth-order valence-corrected chi connectivity index (χ4v) is 2.59. The van der Waals surface area contributed by atoms with Gasteiger partial charge in [-0.1, -0.05) is 30.3 Å². The van der Waals surface area contributed by atoms with Crippen LogP contribution in [-0.4, -0.2) is 17.6 Å². The van der Waals surface area contributed by atoms with Gasteiger partial charge in [0.05, 0.1) is 5.56 Å². The van der Waals surface area contributed by atoms with Crippen LogP contribution >= 0.6 is 0 Å². The second kappa shape index (κ2) is 4.86. The molecular weight excluding hydrogens is 238 g/mol. The molecular formula is C16H15NO2. The van der Waals surface area contributed by atoms with Crippen LogP contribution < -0.4 is 5.32 Å². The van der Waals surface area contributed by atoms with Gasteiger partial charge in [0, 0.05) is 6.54 Å². The molecule has 3 nitrogen and oxygen atoms in total. The van der Waals surface area contributed by atoms with Gasteiger partial charge in [-0.3, -0.25) is 0 Å². The van der Waals surface area contributed by atoms with Crippen molar-refractivity contribution in [1.82, 2.24) is 5.32 Å². The molecule has 3 heteroatoms. The van der Waals surface area contributed by atoms with Crippen LogP contribution in [0.4, 0.5) is 0 Å². The standard InChI is InChI=1S/C16H15NO2/c18-16(19)12-6-4-11(5-7-12)14-3-1-2-13-10-17-9-8-15(13)14/h1-7,17H,8-10H2,(H,18,19). The van der Waals surface area contributed by atoms with Gasteiger partial charge in [0.1, 0.15) is 0 Å². The van der Waals surface area contributed by atoms with E-state index in [0.717, 1.165) is 25.1 Å². The van der Waals surface area contributed by atoms with Gasteiger partial charge in [0.15, 0.2) is 0 Å². The van der Waals surface area contributed by atoms with Gasteiger partial charge < -0.3 is 10.4 Å². The Morgan fingerprint density at radius 2 is 1.89 bits per heavy atom. The van der Waals surface area contributed by atoms with Crippen molar-refractivity contribution in [2.45, 2.75) is 13.0 Å². The summed E-state index contributed by atoms with van der Waals surface area (Å²) in [6.45, 7) is 1.91. The summed E-state index contributed by atoms with van der Waals surface area (Å²) >= 11 is 0. The average Bonchev–Trinajstić information content (AvgIpc) is 2.47. The van der Waals surface area contributed by atoms with Crippen molar-refractivity contribution in [1.29, 1.82) is 0 Å². The van der Waals surface area contributed by atoms with E-state index in [-0.39, 0.29) is 0 Å². The SMILES string of the molecule is O=C(O)c1ccc(-c2cccc3c2CCNC3)cc1. The van der Waals surface area contributed by atoms with Gasteiger partial charge in [-0.25, -0.2) is 4.79 Å². The summed E-state index contributed by atoms with van der Waals surface area (Å²) in [5, 5.41) is 12.3. The summed E-state index contributed by atoms with van der Waals surface area (Å²) in [7, 11) is 0. The highest BCUT2D eigenvalue weighted by molar-refractivity contribution is 5.88. The summed E-state index contributed by atoms with van der Waals surface area (Å²) in [4.78, 5) is 10.9. The van der Waals surface area contributed by atoms with Crippen LogP contribution in [-0.2, 0) is 13.0 Å². The van der Waals surface area contributed by atoms with E-state index in [1.165, 1.54) is 16.7 Å². The molecule has 0 unspecified atom stereocenters. The first-order chi connectivity index (χ1) is 9.25. The van der Waals surface area contributed by atoms with Gasteiger partial charge in [0.25, 0.3) is 0 Å². The van der Waals surface area contributed by atoms with Crippen molar-refractivity contribution in [3.05, 3.63) is 59.2 Å². The lowest BCUT2D eigenvalue weighted by molar-refractivity contribution is 0.0697. The molecule has 2 N–H and O–H groups in total. The maximum absolute atomic E-state index is 10.9. The molecule has 0 radical (unpaired) electrons. The molecule has 0 aromatic heterocycles. The van der Waals surface area contributed by atoms with E-state index in [0.29, 0.717) is 5.56 Å². The van der Waals surface area contributed by atoms with Crippen LogP contribution in [0.25, 0.3) is 11.1 Å². The number of carboxylic acid groups (broad SMARTS) is 1. The zero-order valence-electron chi connectivity index (χ0n) is 10.5. The number of hydrogen-bond acceptors (Lipinski definition) is 2. The molecule has 1 aliphatic heterocycles. The molecule has 19 heavy (non-hydrogen) atoms. The first kappa shape index (κ1) is 11.9. The molecule has 1 heterocycles. The Kier molecular flexibility index (Phi) is 3.05. The zero-order valence-corrected chi connectivity index (χ0v) is 10.5. The van der Waals surface area contributed by atoms with E-state index in [1.807, 2.05) is 12.1 Å². The number of nitrogens with one attached hydrogen (secondary N) is 1. The molecule has 0 amide bonds. The molecule has 1 aliphatic rings. The minimum atomic E-state index is -0.883. The smallest absolute Gasteiger partial charge is 0.335 e. The van der Waals surface area contributed by atoms with Crippen LogP contribution in [0.1, 0.15) is 21.5 Å². The molecule has 3 rings (SSSR count). The lowest BCUT2D eigenvalue weighted by Crippen LogP contribution is -2.24. The van der Waals surface area contributed by atoms with Gasteiger partial charge in [-0.05, 0) is 47.4 Å². The Balaban J connectivity index is 2.04. The molecule has 0 atom stereocenters. The van der Waals surface area contributed by atoms with Crippen LogP contribution in [0.5, 0.6) is 0 Å². The van der Waals surface area contributed by atoms with Gasteiger partial charge in [-0.15, -0.1) is 0 Å². The lowest BCUT2D eigenvalue weighted by Gasteiger charge is -2.20. The monoisotopic (exact) mass is 253 g/mol. The van der Waals surface area contributed by atoms with Crippen molar-refractivity contribution in [3.63, 3.8) is 0 Å². The molecule has 0 fully saturated rings. The number of benzene rings is 2. The van der Waals surface area contributed by atoms with Gasteiger partial charge in [0.2, 0.25) is 0 Å². The van der Waals surface area contributed by atoms with Gasteiger partial charge in [-0.2, -0.15) is 0 Å². The first-order valence-corrected chi connectivity index (χ1v) is 6.41. The largest absolute Gasteiger partial charge is 0.478 e. The molecule has 0 saturated heterocycles. The van der Waals surface area contributed by atoms with Crippen molar-refractivity contribution >= 4 is 5.97 Å². The van der Waals surface area contributed by atoms with E-state index in [1.54, 1.807) is 12.1 Å². The Labute approximate surface area is 111 Å². The first-order valence-electron chi connectivity index (χ1n) is 6.41. The summed E-state index contributed by atoms with van der Waals surface area (Å²) < 4.78 is 0. The number of hydrogen-bond donors (Lipinski definition) is 2. The molecule has 0 saturated carbocycles. The molecule has 0 bridgehead atoms. The number of aromatic carboxylic acids is 1. The highest BCUT2D eigenvalue weighted by Gasteiger charge is 2.13. The lowest BCUT2D eigenvalue weighted by atomic mass is 9.91. The third-order valence-electron chi connectivity index (χ3n) is 3.58. The normalized spacial score (nSPS) is 13.9. The number of carbonyl (C=O) groups is 1. The van der Waals surface area contributed by atoms with Crippen molar-refractivity contribution < 1.29 is 9.90 Å². The quantitative estimate of drug-likeness (QED) is 0.865. The summed E-state index contributed by atoms with van der Waals surface area (Å²) in [6.07, 6.45) is 1.02. The fourth-order valence-electron chi connectivity index (χ4n) is 2.59. The minimum Gasteiger partial charge on any atom is -0.478 e. The van der Waals surface area contributed by atoms with Gasteiger partial charge >= 0.3 is 5.97 Å². The number of fused-ring (bicyclic) bond motifs is 1. The number of rotatable bonds is 2. The highest BCUT2D eigenvalue weighted by Crippen LogP contribution is 2.28. The summed E-state index contributed by atoms with van der Waals surface area (Å²) in [5.74, 6) is -0.883. The van der Waals surface area contributed by atoms with E-state index in [2.05, 4.69) is 23.5 Å². The summed E-state index contributed by atoms with van der Waals surface area (Å²) in [5.41, 5.74) is 5.35. The topological polar surface area (TPSA) is 49.3 Å². The highest BCUT2D eigenvalue weighted by atomic mass is 16.4. The predicted octanol–water partition coefficient (Wildman–Crippen LogP) is 2.70. The third kappa shape index (κ3) is 2.25. The molecule has 0 spiro atoms. The average molecular weight is 253 g/mol. The van der Waals surface area contributed by atoms with E-state index >= 15 is 0 Å². The maximum atomic E-state index is 10.9. The van der Waals surface area contributed by atoms with Crippen LogP contribution in [0.3, 0.4) is 0 Å². The molecule has 0 aliphatic carbocycles. The second-order valence-corrected chi connectivity index (χ2v) is 4.75. The van der Waals surface area contributed by atoms with Crippen molar-refractivity contribution in [2.24, 2.45) is 0 Å². The second-order valence-electron chi connectivity index (χ2n) is 4.75. The van der Waals surface area contributed by atoms with E-state index in [4.69, 9.17) is 5.11 Å². The van der Waals surface area contributed by atoms with Crippen LogP contribution in [0.2, 0.25) is 0 Å². The fraction of sp³-hybridized carbons (Fsp3) is 0.188. The van der Waals surface area contributed by atoms with Crippen molar-refractivity contribution in [3.8, 4) is 11.1 Å². The van der Waals surface area contributed by atoms with E-state index in [9.17, 15) is 4.79 Å². The molecule has 96 valence electrons. The Morgan fingerprint density at radius 1 is 1.11 bits per heavy atom. The Morgan fingerprint density at radius 3 is 2.63 bits per heavy atom. The van der Waals surface area contributed by atoms with Crippen LogP contribution in [0.15, 0.2) is 42.5 Å². The van der Waals surface area contributed by atoms with Crippen LogP contribution in [0, 0.1) is 0 Å². The zero-order chi connectivity index (χ0) is 13.2. The maximum Gasteiger partial charge on any atom is 0.335 e. The Bertz CT molecular complexity index is 617. The predicted molar refractivity (Wildman–Crippen MR) is 74.2 cm³/mol. The minimum absolute atomic E-state index is 0.329. The van der Waals surface area contributed by atoms with E-state index < -0.39 is 5.97 Å². The summed E-state index contributed by atoms with van der Waals surface area (Å²) in [6, 6.07) is 13.4. The number of carboxylic acids is 1.